The average Bonchev–Trinajstić information content (AvgIpc) is 3.04. The van der Waals surface area contributed by atoms with Crippen LogP contribution < -0.4 is 5.32 Å². The van der Waals surface area contributed by atoms with E-state index in [9.17, 15) is 4.39 Å². The van der Waals surface area contributed by atoms with E-state index in [1.54, 1.807) is 24.3 Å². The smallest absolute Gasteiger partial charge is 0.248 e. The maximum absolute atomic E-state index is 14.4. The normalized spacial score (nSPS) is 16.3. The molecule has 0 saturated heterocycles. The Kier molecular flexibility index (Phi) is 3.70. The first-order valence-corrected chi connectivity index (χ1v) is 7.85. The van der Waals surface area contributed by atoms with Crippen LogP contribution in [0.25, 0.3) is 5.70 Å². The van der Waals surface area contributed by atoms with E-state index in [0.717, 1.165) is 11.3 Å². The molecular formula is C16H10Cl2FN5. The van der Waals surface area contributed by atoms with Crippen molar-refractivity contribution in [2.75, 3.05) is 5.32 Å². The Bertz CT molecular complexity index is 916. The second kappa shape index (κ2) is 5.89. The van der Waals surface area contributed by atoms with Crippen molar-refractivity contribution in [3.63, 3.8) is 0 Å². The predicted octanol–water partition coefficient (Wildman–Crippen LogP) is 4.18. The second-order valence-corrected chi connectivity index (χ2v) is 6.08. The lowest BCUT2D eigenvalue weighted by molar-refractivity contribution is 0.540. The Hall–Kier alpha value is -2.44. The molecule has 3 aromatic rings. The summed E-state index contributed by atoms with van der Waals surface area (Å²) < 4.78 is 15.9. The molecule has 5 nitrogen and oxygen atoms in total. The van der Waals surface area contributed by atoms with Crippen molar-refractivity contribution in [3.8, 4) is 0 Å². The largest absolute Gasteiger partial charge is 0.323 e. The molecule has 120 valence electrons. The summed E-state index contributed by atoms with van der Waals surface area (Å²) in [7, 11) is 0. The minimum atomic E-state index is -0.560. The van der Waals surface area contributed by atoms with Crippen molar-refractivity contribution >= 4 is 34.8 Å². The zero-order valence-corrected chi connectivity index (χ0v) is 13.6. The van der Waals surface area contributed by atoms with E-state index in [-0.39, 0.29) is 0 Å². The summed E-state index contributed by atoms with van der Waals surface area (Å²) >= 11 is 12.2. The Morgan fingerprint density at radius 3 is 2.62 bits per heavy atom. The first-order valence-electron chi connectivity index (χ1n) is 7.10. The predicted molar refractivity (Wildman–Crippen MR) is 90.4 cm³/mol. The van der Waals surface area contributed by atoms with Gasteiger partial charge in [-0.2, -0.15) is 4.68 Å². The number of allylic oxidation sites excluding steroid dienone is 1. The monoisotopic (exact) mass is 361 g/mol. The number of hydrogen-bond acceptors (Lipinski definition) is 4. The Morgan fingerprint density at radius 2 is 1.88 bits per heavy atom. The Balaban J connectivity index is 1.87. The molecule has 1 unspecified atom stereocenters. The number of rotatable bonds is 2. The van der Waals surface area contributed by atoms with Crippen molar-refractivity contribution in [1.29, 1.82) is 0 Å². The van der Waals surface area contributed by atoms with Crippen LogP contribution in [0.1, 0.15) is 17.2 Å². The van der Waals surface area contributed by atoms with Crippen molar-refractivity contribution < 1.29 is 4.39 Å². The van der Waals surface area contributed by atoms with Crippen LogP contribution in [0.3, 0.4) is 0 Å². The molecule has 1 aromatic heterocycles. The lowest BCUT2D eigenvalue weighted by atomic mass is 10.0. The minimum absolute atomic E-state index is 0.315. The summed E-state index contributed by atoms with van der Waals surface area (Å²) in [5.74, 6) is -0.00525. The molecular weight excluding hydrogens is 352 g/mol. The van der Waals surface area contributed by atoms with Gasteiger partial charge in [-0.05, 0) is 46.3 Å². The van der Waals surface area contributed by atoms with E-state index in [1.807, 2.05) is 18.2 Å². The van der Waals surface area contributed by atoms with Gasteiger partial charge in [0.05, 0.1) is 0 Å². The van der Waals surface area contributed by atoms with E-state index >= 15 is 0 Å². The molecule has 1 aliphatic rings. The summed E-state index contributed by atoms with van der Waals surface area (Å²) in [6.07, 6.45) is 1.83. The Labute approximate surface area is 146 Å². The third-order valence-electron chi connectivity index (χ3n) is 3.78. The molecule has 0 aliphatic carbocycles. The van der Waals surface area contributed by atoms with Crippen molar-refractivity contribution in [1.82, 2.24) is 20.2 Å². The van der Waals surface area contributed by atoms with Crippen molar-refractivity contribution in [3.05, 3.63) is 75.5 Å². The van der Waals surface area contributed by atoms with E-state index in [2.05, 4.69) is 20.8 Å². The molecule has 0 saturated carbocycles. The molecule has 1 aliphatic heterocycles. The van der Waals surface area contributed by atoms with Crippen LogP contribution in [0.4, 0.5) is 10.3 Å². The van der Waals surface area contributed by atoms with E-state index in [0.29, 0.717) is 21.6 Å². The van der Waals surface area contributed by atoms with Gasteiger partial charge >= 0.3 is 0 Å². The summed E-state index contributed by atoms with van der Waals surface area (Å²) in [5, 5.41) is 15.6. The number of anilines is 1. The van der Waals surface area contributed by atoms with Crippen LogP contribution in [-0.4, -0.2) is 20.2 Å². The molecule has 1 atom stereocenters. The molecule has 2 heterocycles. The van der Waals surface area contributed by atoms with E-state index < -0.39 is 11.9 Å². The van der Waals surface area contributed by atoms with Gasteiger partial charge in [-0.3, -0.25) is 0 Å². The minimum Gasteiger partial charge on any atom is -0.323 e. The third-order valence-corrected chi connectivity index (χ3v) is 4.36. The van der Waals surface area contributed by atoms with E-state index in [4.69, 9.17) is 23.2 Å². The maximum Gasteiger partial charge on any atom is 0.248 e. The fraction of sp³-hybridized carbons (Fsp3) is 0.0625. The van der Waals surface area contributed by atoms with Crippen molar-refractivity contribution in [2.24, 2.45) is 0 Å². The van der Waals surface area contributed by atoms with Gasteiger partial charge in [0, 0.05) is 21.3 Å². The molecule has 1 N–H and O–H groups in total. The van der Waals surface area contributed by atoms with Gasteiger partial charge in [0.2, 0.25) is 5.95 Å². The lowest BCUT2D eigenvalue weighted by Gasteiger charge is -2.24. The molecule has 8 heteroatoms. The zero-order chi connectivity index (χ0) is 16.7. The van der Waals surface area contributed by atoms with Gasteiger partial charge < -0.3 is 5.32 Å². The van der Waals surface area contributed by atoms with Crippen LogP contribution in [0.15, 0.2) is 48.5 Å². The number of nitrogens with zero attached hydrogens (tertiary/aromatic N) is 4. The van der Waals surface area contributed by atoms with Crippen LogP contribution in [0, 0.1) is 5.82 Å². The van der Waals surface area contributed by atoms with Crippen LogP contribution >= 0.6 is 23.2 Å². The summed E-state index contributed by atoms with van der Waals surface area (Å²) in [4.78, 5) is 0. The van der Waals surface area contributed by atoms with Crippen LogP contribution in [-0.2, 0) is 0 Å². The number of tetrazole rings is 1. The summed E-state index contributed by atoms with van der Waals surface area (Å²) in [6.45, 7) is 0. The molecule has 24 heavy (non-hydrogen) atoms. The SMILES string of the molecule is Fc1cccc(Cl)c1C1C=C(c2ccc(Cl)cc2)Nc2nnnn21. The molecule has 0 amide bonds. The standard InChI is InChI=1S/C16H10Cl2FN5/c17-10-6-4-9(5-7-10)13-8-14(24-16(20-13)21-22-23-24)15-11(18)2-1-3-12(15)19/h1-8,14H,(H,20,21,23). The van der Waals surface area contributed by atoms with Gasteiger partial charge in [-0.25, -0.2) is 4.39 Å². The van der Waals surface area contributed by atoms with Crippen molar-refractivity contribution in [2.45, 2.75) is 6.04 Å². The highest BCUT2D eigenvalue weighted by molar-refractivity contribution is 6.31. The fourth-order valence-corrected chi connectivity index (χ4v) is 3.05. The van der Waals surface area contributed by atoms with Gasteiger partial charge in [0.15, 0.2) is 0 Å². The number of fused-ring (bicyclic) bond motifs is 1. The molecule has 2 aromatic carbocycles. The molecule has 4 rings (SSSR count). The summed E-state index contributed by atoms with van der Waals surface area (Å²) in [5.41, 5.74) is 1.95. The van der Waals surface area contributed by atoms with E-state index in [1.165, 1.54) is 10.7 Å². The highest BCUT2D eigenvalue weighted by atomic mass is 35.5. The topological polar surface area (TPSA) is 55.6 Å². The highest BCUT2D eigenvalue weighted by Crippen LogP contribution is 2.36. The van der Waals surface area contributed by atoms with Gasteiger partial charge in [-0.15, -0.1) is 0 Å². The maximum atomic E-state index is 14.4. The highest BCUT2D eigenvalue weighted by Gasteiger charge is 2.28. The van der Waals surface area contributed by atoms with Gasteiger partial charge in [0.25, 0.3) is 0 Å². The number of nitrogens with one attached hydrogen (secondary N) is 1. The Morgan fingerprint density at radius 1 is 1.08 bits per heavy atom. The molecule has 0 bridgehead atoms. The quantitative estimate of drug-likeness (QED) is 0.743. The average molecular weight is 362 g/mol. The first-order chi connectivity index (χ1) is 11.6. The third kappa shape index (κ3) is 2.53. The van der Waals surface area contributed by atoms with Crippen LogP contribution in [0.2, 0.25) is 10.0 Å². The van der Waals surface area contributed by atoms with Gasteiger partial charge in [0.1, 0.15) is 11.9 Å². The lowest BCUT2D eigenvalue weighted by Crippen LogP contribution is -2.21. The molecule has 0 fully saturated rings. The summed E-state index contributed by atoms with van der Waals surface area (Å²) in [6, 6.07) is 11.3. The number of aromatic nitrogens is 4. The number of benzene rings is 2. The van der Waals surface area contributed by atoms with Gasteiger partial charge in [-0.1, -0.05) is 46.5 Å². The molecule has 0 radical (unpaired) electrons. The fourth-order valence-electron chi connectivity index (χ4n) is 2.65. The number of halogens is 3. The van der Waals surface area contributed by atoms with Crippen LogP contribution in [0.5, 0.6) is 0 Å². The first kappa shape index (κ1) is 15.1. The zero-order valence-electron chi connectivity index (χ0n) is 12.1. The molecule has 0 spiro atoms. The second-order valence-electron chi connectivity index (χ2n) is 5.24. The number of hydrogen-bond donors (Lipinski definition) is 1.